The van der Waals surface area contributed by atoms with Crippen molar-refractivity contribution in [3.63, 3.8) is 0 Å². The lowest BCUT2D eigenvalue weighted by atomic mass is 10.1. The van der Waals surface area contributed by atoms with Gasteiger partial charge in [-0.2, -0.15) is 0 Å². The first kappa shape index (κ1) is 13.2. The molecule has 0 aromatic heterocycles. The van der Waals surface area contributed by atoms with Crippen LogP contribution >= 0.6 is 0 Å². The number of nitrogens with two attached hydrogens (primary N) is 1. The molecule has 0 saturated heterocycles. The summed E-state index contributed by atoms with van der Waals surface area (Å²) in [5, 5.41) is 14.6. The third-order valence-corrected chi connectivity index (χ3v) is 2.01. The highest BCUT2D eigenvalue weighted by Crippen LogP contribution is 1.95. The van der Waals surface area contributed by atoms with Crippen LogP contribution in [0.1, 0.15) is 13.8 Å². The average molecular weight is 203 g/mol. The summed E-state index contributed by atoms with van der Waals surface area (Å²) in [7, 11) is 1.69. The van der Waals surface area contributed by atoms with Crippen molar-refractivity contribution in [2.24, 2.45) is 22.7 Å². The zero-order valence-electron chi connectivity index (χ0n) is 9.16. The molecule has 14 heavy (non-hydrogen) atoms. The van der Waals surface area contributed by atoms with Gasteiger partial charge in [-0.15, -0.1) is 0 Å². The van der Waals surface area contributed by atoms with Crippen LogP contribution in [0.2, 0.25) is 0 Å². The molecule has 2 unspecified atom stereocenters. The summed E-state index contributed by atoms with van der Waals surface area (Å²) >= 11 is 0. The first-order valence-electron chi connectivity index (χ1n) is 4.78. The molecule has 0 fully saturated rings. The highest BCUT2D eigenvalue weighted by molar-refractivity contribution is 5.82. The number of rotatable bonds is 7. The Morgan fingerprint density at radius 2 is 2.14 bits per heavy atom. The van der Waals surface area contributed by atoms with Crippen molar-refractivity contribution < 1.29 is 9.94 Å². The lowest BCUT2D eigenvalue weighted by Gasteiger charge is -2.14. The van der Waals surface area contributed by atoms with E-state index in [-0.39, 0.29) is 11.8 Å². The summed E-state index contributed by atoms with van der Waals surface area (Å²) in [5.41, 5.74) is 5.43. The summed E-state index contributed by atoms with van der Waals surface area (Å²) in [6.07, 6.45) is 0. The molecule has 0 aliphatic heterocycles. The second kappa shape index (κ2) is 7.58. The van der Waals surface area contributed by atoms with Crippen LogP contribution in [0.3, 0.4) is 0 Å². The summed E-state index contributed by atoms with van der Waals surface area (Å²) in [4.78, 5) is 0. The van der Waals surface area contributed by atoms with Crippen LogP contribution in [-0.2, 0) is 4.74 Å². The SMILES string of the molecule is COCC(C)CNCC(C)C(N)=NO. The van der Waals surface area contributed by atoms with Gasteiger partial charge in [-0.3, -0.25) is 0 Å². The topological polar surface area (TPSA) is 79.9 Å². The number of hydrogen-bond acceptors (Lipinski definition) is 4. The summed E-state index contributed by atoms with van der Waals surface area (Å²) < 4.78 is 5.00. The maximum absolute atomic E-state index is 8.41. The lowest BCUT2D eigenvalue weighted by molar-refractivity contribution is 0.158. The Labute approximate surface area is 85.3 Å². The largest absolute Gasteiger partial charge is 0.409 e. The van der Waals surface area contributed by atoms with Crippen molar-refractivity contribution in [1.82, 2.24) is 5.32 Å². The first-order valence-corrected chi connectivity index (χ1v) is 4.78. The first-order chi connectivity index (χ1) is 6.61. The molecule has 0 heterocycles. The van der Waals surface area contributed by atoms with E-state index in [0.717, 1.165) is 13.2 Å². The molecule has 0 bridgehead atoms. The molecule has 4 N–H and O–H groups in total. The third-order valence-electron chi connectivity index (χ3n) is 2.01. The van der Waals surface area contributed by atoms with Gasteiger partial charge in [0.2, 0.25) is 0 Å². The van der Waals surface area contributed by atoms with Gasteiger partial charge < -0.3 is 21.0 Å². The van der Waals surface area contributed by atoms with Gasteiger partial charge in [-0.05, 0) is 12.5 Å². The molecule has 0 aromatic carbocycles. The predicted octanol–water partition coefficient (Wildman–Crippen LogP) is 0.241. The number of methoxy groups -OCH3 is 1. The average Bonchev–Trinajstić information content (AvgIpc) is 2.16. The highest BCUT2D eigenvalue weighted by atomic mass is 16.5. The van der Waals surface area contributed by atoms with E-state index in [1.807, 2.05) is 6.92 Å². The van der Waals surface area contributed by atoms with Crippen LogP contribution in [0, 0.1) is 11.8 Å². The minimum atomic E-state index is 0.0507. The molecular weight excluding hydrogens is 182 g/mol. The molecule has 0 spiro atoms. The van der Waals surface area contributed by atoms with Gasteiger partial charge >= 0.3 is 0 Å². The number of amidine groups is 1. The number of oxime groups is 1. The zero-order valence-corrected chi connectivity index (χ0v) is 9.16. The molecule has 5 nitrogen and oxygen atoms in total. The van der Waals surface area contributed by atoms with E-state index in [1.54, 1.807) is 7.11 Å². The van der Waals surface area contributed by atoms with Crippen molar-refractivity contribution in [2.45, 2.75) is 13.8 Å². The monoisotopic (exact) mass is 203 g/mol. The fourth-order valence-electron chi connectivity index (χ4n) is 1.09. The predicted molar refractivity (Wildman–Crippen MR) is 56.5 cm³/mol. The van der Waals surface area contributed by atoms with Crippen molar-refractivity contribution in [2.75, 3.05) is 26.8 Å². The van der Waals surface area contributed by atoms with Gasteiger partial charge in [0, 0.05) is 26.2 Å². The quantitative estimate of drug-likeness (QED) is 0.240. The normalized spacial score (nSPS) is 16.6. The maximum Gasteiger partial charge on any atom is 0.143 e. The summed E-state index contributed by atoms with van der Waals surface area (Å²) in [5.74, 6) is 0.783. The third kappa shape index (κ3) is 5.77. The number of hydrogen-bond donors (Lipinski definition) is 3. The Morgan fingerprint density at radius 3 is 2.64 bits per heavy atom. The molecule has 0 amide bonds. The minimum Gasteiger partial charge on any atom is -0.409 e. The molecule has 0 aliphatic carbocycles. The second-order valence-electron chi connectivity index (χ2n) is 3.64. The van der Waals surface area contributed by atoms with Crippen LogP contribution in [0.4, 0.5) is 0 Å². The molecular formula is C9H21N3O2. The van der Waals surface area contributed by atoms with Gasteiger partial charge in [0.25, 0.3) is 0 Å². The summed E-state index contributed by atoms with van der Waals surface area (Å²) in [6.45, 7) is 6.33. The van der Waals surface area contributed by atoms with E-state index in [4.69, 9.17) is 15.7 Å². The van der Waals surface area contributed by atoms with Crippen molar-refractivity contribution in [3.8, 4) is 0 Å². The maximum atomic E-state index is 8.41. The molecule has 5 heteroatoms. The minimum absolute atomic E-state index is 0.0507. The Kier molecular flexibility index (Phi) is 7.14. The Bertz CT molecular complexity index is 173. The number of nitrogens with one attached hydrogen (secondary N) is 1. The molecule has 0 radical (unpaired) electrons. The molecule has 0 aromatic rings. The molecule has 0 saturated carbocycles. The van der Waals surface area contributed by atoms with Gasteiger partial charge in [-0.1, -0.05) is 19.0 Å². The Hall–Kier alpha value is -0.810. The molecule has 0 aliphatic rings. The van der Waals surface area contributed by atoms with Crippen LogP contribution in [0.5, 0.6) is 0 Å². The molecule has 0 rings (SSSR count). The highest BCUT2D eigenvalue weighted by Gasteiger charge is 2.07. The van der Waals surface area contributed by atoms with Gasteiger partial charge in [0.05, 0.1) is 0 Å². The molecule has 84 valence electrons. The van der Waals surface area contributed by atoms with E-state index < -0.39 is 0 Å². The zero-order chi connectivity index (χ0) is 11.0. The number of nitrogens with zero attached hydrogens (tertiary/aromatic N) is 1. The van der Waals surface area contributed by atoms with Crippen LogP contribution in [0.15, 0.2) is 5.16 Å². The second-order valence-corrected chi connectivity index (χ2v) is 3.64. The Morgan fingerprint density at radius 1 is 1.50 bits per heavy atom. The fourth-order valence-corrected chi connectivity index (χ4v) is 1.09. The van der Waals surface area contributed by atoms with Crippen LogP contribution < -0.4 is 11.1 Å². The lowest BCUT2D eigenvalue weighted by Crippen LogP contribution is -2.34. The van der Waals surface area contributed by atoms with Crippen molar-refractivity contribution in [3.05, 3.63) is 0 Å². The molecule has 2 atom stereocenters. The van der Waals surface area contributed by atoms with Gasteiger partial charge in [0.1, 0.15) is 5.84 Å². The standard InChI is InChI=1S/C9H21N3O2/c1-7(6-14-3)4-11-5-8(2)9(10)12-13/h7-8,11,13H,4-6H2,1-3H3,(H2,10,12). The summed E-state index contributed by atoms with van der Waals surface area (Å²) in [6, 6.07) is 0. The van der Waals surface area contributed by atoms with Gasteiger partial charge in [-0.25, -0.2) is 0 Å². The smallest absolute Gasteiger partial charge is 0.143 e. The van der Waals surface area contributed by atoms with Crippen molar-refractivity contribution >= 4 is 5.84 Å². The van der Waals surface area contributed by atoms with Gasteiger partial charge in [0.15, 0.2) is 0 Å². The van der Waals surface area contributed by atoms with E-state index >= 15 is 0 Å². The number of ether oxygens (including phenoxy) is 1. The van der Waals surface area contributed by atoms with Crippen LogP contribution in [0.25, 0.3) is 0 Å². The Balaban J connectivity index is 3.53. The van der Waals surface area contributed by atoms with E-state index in [0.29, 0.717) is 12.5 Å². The van der Waals surface area contributed by atoms with E-state index in [1.165, 1.54) is 0 Å². The fraction of sp³-hybridized carbons (Fsp3) is 0.889. The van der Waals surface area contributed by atoms with E-state index in [2.05, 4.69) is 17.4 Å². The van der Waals surface area contributed by atoms with Crippen molar-refractivity contribution in [1.29, 1.82) is 0 Å². The van der Waals surface area contributed by atoms with Crippen LogP contribution in [-0.4, -0.2) is 37.8 Å². The van der Waals surface area contributed by atoms with E-state index in [9.17, 15) is 0 Å².